The minimum atomic E-state index is -3.78. The summed E-state index contributed by atoms with van der Waals surface area (Å²) in [5.41, 5.74) is 1.88. The molecule has 27 heavy (non-hydrogen) atoms. The van der Waals surface area contributed by atoms with Crippen LogP contribution in [0.2, 0.25) is 0 Å². The molecule has 0 radical (unpaired) electrons. The third-order valence-electron chi connectivity index (χ3n) is 4.49. The van der Waals surface area contributed by atoms with Crippen molar-refractivity contribution >= 4 is 43.3 Å². The van der Waals surface area contributed by atoms with Gasteiger partial charge in [0, 0.05) is 22.1 Å². The zero-order valence-corrected chi connectivity index (χ0v) is 15.5. The first-order chi connectivity index (χ1) is 13.0. The van der Waals surface area contributed by atoms with Crippen molar-refractivity contribution in [1.29, 1.82) is 0 Å². The molecule has 0 fully saturated rings. The van der Waals surface area contributed by atoms with E-state index in [0.29, 0.717) is 10.5 Å². The lowest BCUT2D eigenvalue weighted by molar-refractivity contribution is 0.104. The molecule has 2 aromatic carbocycles. The Kier molecular flexibility index (Phi) is 3.47. The van der Waals surface area contributed by atoms with Gasteiger partial charge in [-0.2, -0.15) is 0 Å². The molecule has 4 nitrogen and oxygen atoms in total. The van der Waals surface area contributed by atoms with E-state index in [1.54, 1.807) is 24.3 Å². The van der Waals surface area contributed by atoms with Gasteiger partial charge in [-0.25, -0.2) is 8.42 Å². The summed E-state index contributed by atoms with van der Waals surface area (Å²) in [5, 5.41) is 0. The van der Waals surface area contributed by atoms with Gasteiger partial charge in [-0.3, -0.25) is 4.79 Å². The van der Waals surface area contributed by atoms with Crippen LogP contribution in [0.5, 0.6) is 0 Å². The van der Waals surface area contributed by atoms with Crippen molar-refractivity contribution in [3.05, 3.63) is 82.1 Å². The van der Waals surface area contributed by atoms with Crippen LogP contribution in [0.4, 0.5) is 0 Å². The molecule has 0 aliphatic carbocycles. The molecule has 6 heteroatoms. The van der Waals surface area contributed by atoms with Gasteiger partial charge < -0.3 is 4.42 Å². The van der Waals surface area contributed by atoms with E-state index in [0.717, 1.165) is 16.0 Å². The maximum absolute atomic E-state index is 12.7. The highest BCUT2D eigenvalue weighted by Crippen LogP contribution is 2.38. The normalized spacial score (nSPS) is 16.9. The molecule has 3 heterocycles. The average Bonchev–Trinajstić information content (AvgIpc) is 3.29. The number of ketones is 1. The van der Waals surface area contributed by atoms with Gasteiger partial charge in [0.15, 0.2) is 0 Å². The maximum atomic E-state index is 12.7. The number of carbonyl (C=O) groups excluding carboxylic acids is 1. The number of allylic oxidation sites excluding steroid dienone is 1. The summed E-state index contributed by atoms with van der Waals surface area (Å²) in [7, 11) is -3.78. The van der Waals surface area contributed by atoms with Gasteiger partial charge in [0.05, 0.1) is 9.60 Å². The summed E-state index contributed by atoms with van der Waals surface area (Å²) in [6.07, 6.45) is 1.44. The van der Waals surface area contributed by atoms with Crippen molar-refractivity contribution < 1.29 is 17.6 Å². The van der Waals surface area contributed by atoms with Crippen LogP contribution >= 0.6 is 11.3 Å². The molecule has 4 aromatic rings. The third-order valence-corrected chi connectivity index (χ3v) is 7.32. The number of Topliss-reactive ketones (excluding diaryl/α,β-unsaturated/α-hetero) is 1. The Morgan fingerprint density at radius 3 is 2.41 bits per heavy atom. The van der Waals surface area contributed by atoms with Crippen LogP contribution in [0, 0.1) is 0 Å². The van der Waals surface area contributed by atoms with Gasteiger partial charge in [-0.05, 0) is 24.3 Å². The van der Waals surface area contributed by atoms with Crippen LogP contribution in [0.25, 0.3) is 27.7 Å². The largest absolute Gasteiger partial charge is 0.455 e. The van der Waals surface area contributed by atoms with Crippen molar-refractivity contribution in [3.63, 3.8) is 0 Å². The van der Waals surface area contributed by atoms with Crippen LogP contribution in [0.15, 0.2) is 80.9 Å². The fourth-order valence-electron chi connectivity index (χ4n) is 3.20. The molecule has 0 unspecified atom stereocenters. The van der Waals surface area contributed by atoms with Crippen LogP contribution in [-0.2, 0) is 9.84 Å². The Morgan fingerprint density at radius 1 is 0.926 bits per heavy atom. The van der Waals surface area contributed by atoms with Crippen LogP contribution in [0.3, 0.4) is 0 Å². The van der Waals surface area contributed by atoms with Crippen molar-refractivity contribution in [1.82, 2.24) is 0 Å². The van der Waals surface area contributed by atoms with Crippen molar-refractivity contribution in [2.45, 2.75) is 4.90 Å². The number of fused-ring (bicyclic) bond motifs is 2. The highest BCUT2D eigenvalue weighted by molar-refractivity contribution is 7.97. The maximum Gasteiger partial charge on any atom is 0.211 e. The average molecular weight is 392 g/mol. The first kappa shape index (κ1) is 16.2. The zero-order valence-electron chi connectivity index (χ0n) is 13.9. The van der Waals surface area contributed by atoms with Gasteiger partial charge in [-0.15, -0.1) is 11.3 Å². The molecule has 2 aromatic heterocycles. The number of furan rings is 1. The Balaban J connectivity index is 1.57. The number of thiophene rings is 1. The van der Waals surface area contributed by atoms with E-state index in [4.69, 9.17) is 4.42 Å². The lowest BCUT2D eigenvalue weighted by Gasteiger charge is -1.96. The Hall–Kier alpha value is -2.96. The van der Waals surface area contributed by atoms with E-state index in [9.17, 15) is 13.2 Å². The molecule has 132 valence electrons. The molecule has 0 N–H and O–H groups in total. The van der Waals surface area contributed by atoms with Gasteiger partial charge in [0.25, 0.3) is 0 Å². The second-order valence-electron chi connectivity index (χ2n) is 6.19. The van der Waals surface area contributed by atoms with Gasteiger partial charge in [0.2, 0.25) is 15.6 Å². The predicted octanol–water partition coefficient (Wildman–Crippen LogP) is 5.17. The van der Waals surface area contributed by atoms with Crippen LogP contribution < -0.4 is 0 Å². The summed E-state index contributed by atoms with van der Waals surface area (Å²) in [6, 6.07) is 19.7. The zero-order chi connectivity index (χ0) is 18.6. The van der Waals surface area contributed by atoms with E-state index in [-0.39, 0.29) is 15.4 Å². The number of rotatable bonds is 2. The van der Waals surface area contributed by atoms with Crippen LogP contribution in [0.1, 0.15) is 15.2 Å². The minimum Gasteiger partial charge on any atom is -0.455 e. The lowest BCUT2D eigenvalue weighted by Crippen LogP contribution is -2.01. The van der Waals surface area contributed by atoms with Gasteiger partial charge in [-0.1, -0.05) is 42.5 Å². The minimum absolute atomic E-state index is 0.0767. The molecular weight excluding hydrogens is 380 g/mol. The molecule has 5 rings (SSSR count). The second kappa shape index (κ2) is 5.77. The standard InChI is InChI=1S/C21H12O4S2/c22-21-15-8-4-5-9-19(15)27(23,24)20(21)11-14-10-17-18(26-14)12-16(25-17)13-6-2-1-3-7-13/h1-12H/b20-11+. The number of hydrogen-bond acceptors (Lipinski definition) is 5. The quantitative estimate of drug-likeness (QED) is 0.441. The fraction of sp³-hybridized carbons (Fsp3) is 0. The predicted molar refractivity (Wildman–Crippen MR) is 105 cm³/mol. The first-order valence-electron chi connectivity index (χ1n) is 8.23. The molecule has 0 amide bonds. The molecule has 0 spiro atoms. The molecule has 1 aliphatic rings. The SMILES string of the molecule is O=C1/C(=C\c2cc3oc(-c4ccccc4)cc3s2)S(=O)(=O)c2ccccc21. The summed E-state index contributed by atoms with van der Waals surface area (Å²) in [5.74, 6) is 0.300. The fourth-order valence-corrected chi connectivity index (χ4v) is 5.82. The molecule has 1 aliphatic heterocycles. The highest BCUT2D eigenvalue weighted by atomic mass is 32.2. The van der Waals surface area contributed by atoms with E-state index < -0.39 is 15.6 Å². The number of hydrogen-bond donors (Lipinski definition) is 0. The molecular formula is C21H12O4S2. The monoisotopic (exact) mass is 392 g/mol. The van der Waals surface area contributed by atoms with E-state index >= 15 is 0 Å². The van der Waals surface area contributed by atoms with Gasteiger partial charge in [0.1, 0.15) is 16.2 Å². The van der Waals surface area contributed by atoms with Crippen LogP contribution in [-0.4, -0.2) is 14.2 Å². The topological polar surface area (TPSA) is 64.3 Å². The van der Waals surface area contributed by atoms with Crippen molar-refractivity contribution in [2.75, 3.05) is 0 Å². The Morgan fingerprint density at radius 2 is 1.67 bits per heavy atom. The van der Waals surface area contributed by atoms with Crippen molar-refractivity contribution in [3.8, 4) is 11.3 Å². The summed E-state index contributed by atoms with van der Waals surface area (Å²) >= 11 is 1.39. The third kappa shape index (κ3) is 2.49. The summed E-state index contributed by atoms with van der Waals surface area (Å²) in [6.45, 7) is 0. The number of carbonyl (C=O) groups is 1. The summed E-state index contributed by atoms with van der Waals surface area (Å²) < 4.78 is 32.2. The molecule has 0 saturated heterocycles. The van der Waals surface area contributed by atoms with Gasteiger partial charge >= 0.3 is 0 Å². The van der Waals surface area contributed by atoms with E-state index in [1.807, 2.05) is 36.4 Å². The first-order valence-corrected chi connectivity index (χ1v) is 10.5. The Bertz CT molecular complexity index is 1310. The highest BCUT2D eigenvalue weighted by Gasteiger charge is 2.38. The smallest absolute Gasteiger partial charge is 0.211 e. The van der Waals surface area contributed by atoms with E-state index in [2.05, 4.69) is 0 Å². The lowest BCUT2D eigenvalue weighted by atomic mass is 10.1. The second-order valence-corrected chi connectivity index (χ2v) is 9.19. The number of benzene rings is 2. The summed E-state index contributed by atoms with van der Waals surface area (Å²) in [4.78, 5) is 13.1. The van der Waals surface area contributed by atoms with E-state index in [1.165, 1.54) is 23.5 Å². The molecule has 0 atom stereocenters. The Labute approximate surface area is 159 Å². The van der Waals surface area contributed by atoms with Crippen molar-refractivity contribution in [2.24, 2.45) is 0 Å². The molecule has 0 saturated carbocycles. The molecule has 0 bridgehead atoms. The number of sulfone groups is 1.